The molecule has 1 aliphatic carbocycles. The van der Waals surface area contributed by atoms with Crippen LogP contribution in [0, 0.1) is 5.82 Å². The largest absolute Gasteiger partial charge is 0.215 e. The molecule has 1 aliphatic rings. The highest BCUT2D eigenvalue weighted by molar-refractivity contribution is 7.88. The van der Waals surface area contributed by atoms with Crippen LogP contribution in [0.5, 0.6) is 0 Å². The predicted octanol–water partition coefficient (Wildman–Crippen LogP) is 4.21. The molecule has 130 valence electrons. The summed E-state index contributed by atoms with van der Waals surface area (Å²) >= 11 is 1.69. The van der Waals surface area contributed by atoms with Gasteiger partial charge >= 0.3 is 0 Å². The van der Waals surface area contributed by atoms with Crippen molar-refractivity contribution < 1.29 is 12.8 Å². The van der Waals surface area contributed by atoms with Crippen molar-refractivity contribution in [1.29, 1.82) is 0 Å². The molecule has 0 amide bonds. The van der Waals surface area contributed by atoms with Gasteiger partial charge in [-0.3, -0.25) is 0 Å². The van der Waals surface area contributed by atoms with E-state index in [9.17, 15) is 12.8 Å². The summed E-state index contributed by atoms with van der Waals surface area (Å²) in [5, 5.41) is 2.04. The molecule has 0 aliphatic heterocycles. The molecule has 2 aromatic rings. The zero-order valence-corrected chi connectivity index (χ0v) is 15.1. The Balaban J connectivity index is 1.73. The number of sulfonamides is 1. The van der Waals surface area contributed by atoms with Crippen molar-refractivity contribution >= 4 is 21.4 Å². The first kappa shape index (κ1) is 17.6. The number of halogens is 1. The zero-order valence-electron chi connectivity index (χ0n) is 13.5. The molecule has 1 fully saturated rings. The van der Waals surface area contributed by atoms with Crippen molar-refractivity contribution in [1.82, 2.24) is 4.72 Å². The van der Waals surface area contributed by atoms with E-state index in [1.165, 1.54) is 23.4 Å². The minimum absolute atomic E-state index is 0.116. The van der Waals surface area contributed by atoms with Gasteiger partial charge in [-0.2, -0.15) is 0 Å². The molecular formula is C18H22FNO2S2. The minimum Gasteiger partial charge on any atom is -0.214 e. The third kappa shape index (κ3) is 4.05. The van der Waals surface area contributed by atoms with Crippen molar-refractivity contribution in [2.45, 2.75) is 43.3 Å². The smallest absolute Gasteiger partial charge is 0.214 e. The SMILES string of the molecule is O=S(=O)(Cc1ccccc1F)NCC1(c2cccs2)CCCCC1. The lowest BCUT2D eigenvalue weighted by Gasteiger charge is -2.36. The zero-order chi connectivity index (χ0) is 17.0. The molecule has 0 atom stereocenters. The third-order valence-electron chi connectivity index (χ3n) is 4.79. The molecule has 3 rings (SSSR count). The van der Waals surface area contributed by atoms with Gasteiger partial charge in [-0.1, -0.05) is 43.5 Å². The van der Waals surface area contributed by atoms with Gasteiger partial charge in [0.05, 0.1) is 5.75 Å². The van der Waals surface area contributed by atoms with Crippen molar-refractivity contribution in [3.8, 4) is 0 Å². The number of hydrogen-bond acceptors (Lipinski definition) is 3. The monoisotopic (exact) mass is 367 g/mol. The highest BCUT2D eigenvalue weighted by atomic mass is 32.2. The summed E-state index contributed by atoms with van der Waals surface area (Å²) in [6, 6.07) is 10.1. The maximum absolute atomic E-state index is 13.7. The van der Waals surface area contributed by atoms with E-state index < -0.39 is 15.8 Å². The maximum Gasteiger partial charge on any atom is 0.215 e. The van der Waals surface area contributed by atoms with Crippen molar-refractivity contribution in [3.05, 3.63) is 58.0 Å². The summed E-state index contributed by atoms with van der Waals surface area (Å²) < 4.78 is 41.3. The fraction of sp³-hybridized carbons (Fsp3) is 0.444. The van der Waals surface area contributed by atoms with E-state index in [4.69, 9.17) is 0 Å². The van der Waals surface area contributed by atoms with Crippen LogP contribution in [-0.2, 0) is 21.2 Å². The van der Waals surface area contributed by atoms with E-state index in [0.29, 0.717) is 6.54 Å². The Kier molecular flexibility index (Phi) is 5.37. The summed E-state index contributed by atoms with van der Waals surface area (Å²) in [6.07, 6.45) is 5.43. The van der Waals surface area contributed by atoms with Crippen LogP contribution in [0.1, 0.15) is 42.5 Å². The topological polar surface area (TPSA) is 46.2 Å². The second-order valence-electron chi connectivity index (χ2n) is 6.49. The van der Waals surface area contributed by atoms with E-state index in [2.05, 4.69) is 10.8 Å². The van der Waals surface area contributed by atoms with Crippen molar-refractivity contribution in [2.75, 3.05) is 6.54 Å². The highest BCUT2D eigenvalue weighted by Crippen LogP contribution is 2.41. The molecule has 0 spiro atoms. The molecule has 1 saturated carbocycles. The summed E-state index contributed by atoms with van der Waals surface area (Å²) in [5.41, 5.74) is 0.0909. The molecular weight excluding hydrogens is 345 g/mol. The average Bonchev–Trinajstić information content (AvgIpc) is 3.11. The Bertz CT molecular complexity index is 766. The van der Waals surface area contributed by atoms with E-state index >= 15 is 0 Å². The van der Waals surface area contributed by atoms with Gasteiger partial charge in [0.2, 0.25) is 10.0 Å². The van der Waals surface area contributed by atoms with Gasteiger partial charge in [-0.15, -0.1) is 11.3 Å². The van der Waals surface area contributed by atoms with Gasteiger partial charge in [0.25, 0.3) is 0 Å². The van der Waals surface area contributed by atoms with Crippen LogP contribution in [0.3, 0.4) is 0 Å². The first-order chi connectivity index (χ1) is 11.5. The molecule has 0 unspecified atom stereocenters. The first-order valence-corrected chi connectivity index (χ1v) is 10.8. The molecule has 0 bridgehead atoms. The molecule has 3 nitrogen and oxygen atoms in total. The van der Waals surface area contributed by atoms with E-state index in [1.807, 2.05) is 11.4 Å². The van der Waals surface area contributed by atoms with Gasteiger partial charge in [-0.25, -0.2) is 17.5 Å². The van der Waals surface area contributed by atoms with Gasteiger partial charge in [-0.05, 0) is 30.4 Å². The molecule has 1 heterocycles. The number of benzene rings is 1. The Morgan fingerprint density at radius 3 is 2.50 bits per heavy atom. The van der Waals surface area contributed by atoms with Crippen LogP contribution in [0.2, 0.25) is 0 Å². The molecule has 0 radical (unpaired) electrons. The third-order valence-corrected chi connectivity index (χ3v) is 7.18. The quantitative estimate of drug-likeness (QED) is 0.831. The Hall–Kier alpha value is -1.24. The Labute approximate surface area is 147 Å². The van der Waals surface area contributed by atoms with Crippen LogP contribution < -0.4 is 4.72 Å². The van der Waals surface area contributed by atoms with Crippen LogP contribution in [0.15, 0.2) is 41.8 Å². The van der Waals surface area contributed by atoms with Crippen LogP contribution in [0.4, 0.5) is 4.39 Å². The fourth-order valence-corrected chi connectivity index (χ4v) is 5.67. The molecule has 24 heavy (non-hydrogen) atoms. The van der Waals surface area contributed by atoms with E-state index in [0.717, 1.165) is 25.7 Å². The van der Waals surface area contributed by atoms with Crippen LogP contribution >= 0.6 is 11.3 Å². The summed E-state index contributed by atoms with van der Waals surface area (Å²) in [5.74, 6) is -0.797. The standard InChI is InChI=1S/C18H22FNO2S2/c19-16-8-3-2-7-15(16)13-24(21,22)20-14-18(10-4-1-5-11-18)17-9-6-12-23-17/h2-3,6-9,12,20H,1,4-5,10-11,13-14H2. The van der Waals surface area contributed by atoms with Crippen molar-refractivity contribution in [2.24, 2.45) is 0 Å². The Morgan fingerprint density at radius 1 is 1.08 bits per heavy atom. The second kappa shape index (κ2) is 7.33. The summed E-state index contributed by atoms with van der Waals surface area (Å²) in [4.78, 5) is 1.25. The van der Waals surface area contributed by atoms with Gasteiger partial charge in [0.15, 0.2) is 0 Å². The van der Waals surface area contributed by atoms with Gasteiger partial charge in [0, 0.05) is 22.4 Å². The van der Waals surface area contributed by atoms with E-state index in [-0.39, 0.29) is 16.7 Å². The molecule has 6 heteroatoms. The number of rotatable bonds is 6. The number of nitrogens with one attached hydrogen (secondary N) is 1. The molecule has 0 saturated heterocycles. The summed E-state index contributed by atoms with van der Waals surface area (Å²) in [7, 11) is -3.57. The lowest BCUT2D eigenvalue weighted by atomic mass is 9.73. The highest BCUT2D eigenvalue weighted by Gasteiger charge is 2.35. The van der Waals surface area contributed by atoms with Crippen LogP contribution in [0.25, 0.3) is 0 Å². The predicted molar refractivity (Wildman–Crippen MR) is 96.1 cm³/mol. The minimum atomic E-state index is -3.57. The molecule has 1 aromatic heterocycles. The number of hydrogen-bond donors (Lipinski definition) is 1. The molecule has 1 N–H and O–H groups in total. The lowest BCUT2D eigenvalue weighted by molar-refractivity contribution is 0.298. The second-order valence-corrected chi connectivity index (χ2v) is 9.24. The fourth-order valence-electron chi connectivity index (χ4n) is 3.44. The number of thiophene rings is 1. The molecule has 1 aromatic carbocycles. The lowest BCUT2D eigenvalue weighted by Crippen LogP contribution is -2.42. The summed E-state index contributed by atoms with van der Waals surface area (Å²) in [6.45, 7) is 0.393. The first-order valence-electron chi connectivity index (χ1n) is 8.26. The van der Waals surface area contributed by atoms with Gasteiger partial charge in [0.1, 0.15) is 5.82 Å². The van der Waals surface area contributed by atoms with Gasteiger partial charge < -0.3 is 0 Å². The Morgan fingerprint density at radius 2 is 1.83 bits per heavy atom. The normalized spacial score (nSPS) is 17.7. The average molecular weight is 368 g/mol. The maximum atomic E-state index is 13.7. The van der Waals surface area contributed by atoms with Crippen molar-refractivity contribution in [3.63, 3.8) is 0 Å². The van der Waals surface area contributed by atoms with Crippen LogP contribution in [-0.4, -0.2) is 15.0 Å². The van der Waals surface area contributed by atoms with E-state index in [1.54, 1.807) is 23.5 Å².